The number of aromatic nitrogens is 2. The van der Waals surface area contributed by atoms with E-state index in [0.717, 1.165) is 37.7 Å². The van der Waals surface area contributed by atoms with Gasteiger partial charge in [0.15, 0.2) is 0 Å². The lowest BCUT2D eigenvalue weighted by Crippen LogP contribution is -2.44. The molecular weight excluding hydrogens is 224 g/mol. The van der Waals surface area contributed by atoms with Crippen molar-refractivity contribution in [1.82, 2.24) is 15.3 Å². The summed E-state index contributed by atoms with van der Waals surface area (Å²) in [6, 6.07) is 0. The number of anilines is 1. The second-order valence-corrected chi connectivity index (χ2v) is 5.42. The average molecular weight is 246 g/mol. The van der Waals surface area contributed by atoms with Crippen LogP contribution in [0.2, 0.25) is 0 Å². The molecule has 1 aliphatic heterocycles. The Bertz CT molecular complexity index is 406. The fourth-order valence-corrected chi connectivity index (χ4v) is 3.08. The van der Waals surface area contributed by atoms with Crippen molar-refractivity contribution in [2.75, 3.05) is 31.1 Å². The van der Waals surface area contributed by atoms with Crippen LogP contribution in [0.15, 0.2) is 6.20 Å². The van der Waals surface area contributed by atoms with Gasteiger partial charge in [-0.05, 0) is 19.8 Å². The molecule has 0 spiro atoms. The number of hydrogen-bond donors (Lipinski definition) is 1. The standard InChI is InChI=1S/C14H22N4/c1-11-13(18-8-6-15-7-9-18)10-16-14(17-11)12-4-2-3-5-12/h10,12,15H,2-9H2,1H3. The second-order valence-electron chi connectivity index (χ2n) is 5.42. The molecule has 2 heterocycles. The van der Waals surface area contributed by atoms with Crippen LogP contribution in [0.3, 0.4) is 0 Å². The highest BCUT2D eigenvalue weighted by Gasteiger charge is 2.21. The van der Waals surface area contributed by atoms with E-state index in [1.165, 1.54) is 31.4 Å². The van der Waals surface area contributed by atoms with Crippen molar-refractivity contribution in [1.29, 1.82) is 0 Å². The van der Waals surface area contributed by atoms with E-state index in [4.69, 9.17) is 4.98 Å². The molecule has 18 heavy (non-hydrogen) atoms. The molecule has 0 amide bonds. The third-order valence-electron chi connectivity index (χ3n) is 4.15. The number of aryl methyl sites for hydroxylation is 1. The molecule has 1 N–H and O–H groups in total. The highest BCUT2D eigenvalue weighted by Crippen LogP contribution is 2.32. The van der Waals surface area contributed by atoms with Crippen LogP contribution in [-0.2, 0) is 0 Å². The largest absolute Gasteiger partial charge is 0.366 e. The summed E-state index contributed by atoms with van der Waals surface area (Å²) in [6.45, 7) is 6.37. The minimum Gasteiger partial charge on any atom is -0.366 e. The van der Waals surface area contributed by atoms with Gasteiger partial charge in [0, 0.05) is 32.1 Å². The zero-order chi connectivity index (χ0) is 12.4. The van der Waals surface area contributed by atoms with Gasteiger partial charge in [0.05, 0.1) is 17.6 Å². The van der Waals surface area contributed by atoms with Crippen molar-refractivity contribution in [2.24, 2.45) is 0 Å². The van der Waals surface area contributed by atoms with E-state index in [1.54, 1.807) is 0 Å². The van der Waals surface area contributed by atoms with Gasteiger partial charge in [-0.3, -0.25) is 0 Å². The van der Waals surface area contributed by atoms with Crippen LogP contribution < -0.4 is 10.2 Å². The molecule has 0 aromatic carbocycles. The zero-order valence-electron chi connectivity index (χ0n) is 11.2. The second kappa shape index (κ2) is 5.22. The maximum Gasteiger partial charge on any atom is 0.131 e. The Morgan fingerprint density at radius 2 is 1.94 bits per heavy atom. The van der Waals surface area contributed by atoms with Gasteiger partial charge >= 0.3 is 0 Å². The minimum atomic E-state index is 0.612. The third kappa shape index (κ3) is 2.34. The number of nitrogens with one attached hydrogen (secondary N) is 1. The predicted molar refractivity (Wildman–Crippen MR) is 73.1 cm³/mol. The predicted octanol–water partition coefficient (Wildman–Crippen LogP) is 1.85. The Labute approximate surface area is 109 Å². The first-order valence-electron chi connectivity index (χ1n) is 7.14. The fraction of sp³-hybridized carbons (Fsp3) is 0.714. The Morgan fingerprint density at radius 3 is 2.61 bits per heavy atom. The van der Waals surface area contributed by atoms with Crippen LogP contribution in [0.4, 0.5) is 5.69 Å². The molecule has 1 aromatic rings. The van der Waals surface area contributed by atoms with E-state index >= 15 is 0 Å². The Balaban J connectivity index is 1.79. The van der Waals surface area contributed by atoms with Gasteiger partial charge in [0.2, 0.25) is 0 Å². The molecule has 1 aliphatic carbocycles. The van der Waals surface area contributed by atoms with E-state index in [9.17, 15) is 0 Å². The molecular formula is C14H22N4. The van der Waals surface area contributed by atoms with Gasteiger partial charge in [-0.1, -0.05) is 12.8 Å². The van der Waals surface area contributed by atoms with Crippen LogP contribution >= 0.6 is 0 Å². The van der Waals surface area contributed by atoms with Crippen LogP contribution in [0.1, 0.15) is 43.1 Å². The first-order valence-corrected chi connectivity index (χ1v) is 7.14. The topological polar surface area (TPSA) is 41.1 Å². The highest BCUT2D eigenvalue weighted by molar-refractivity contribution is 5.49. The summed E-state index contributed by atoms with van der Waals surface area (Å²) in [6.07, 6.45) is 7.26. The smallest absolute Gasteiger partial charge is 0.131 e. The van der Waals surface area contributed by atoms with Crippen molar-refractivity contribution < 1.29 is 0 Å². The molecule has 4 nitrogen and oxygen atoms in total. The van der Waals surface area contributed by atoms with Crippen LogP contribution in [0.5, 0.6) is 0 Å². The first-order chi connectivity index (χ1) is 8.84. The van der Waals surface area contributed by atoms with Crippen molar-refractivity contribution in [2.45, 2.75) is 38.5 Å². The van der Waals surface area contributed by atoms with Crippen molar-refractivity contribution in [3.63, 3.8) is 0 Å². The lowest BCUT2D eigenvalue weighted by Gasteiger charge is -2.30. The van der Waals surface area contributed by atoms with Crippen molar-refractivity contribution in [3.05, 3.63) is 17.7 Å². The maximum absolute atomic E-state index is 4.76. The van der Waals surface area contributed by atoms with Crippen molar-refractivity contribution >= 4 is 5.69 Å². The Hall–Kier alpha value is -1.16. The molecule has 2 aliphatic rings. The molecule has 1 saturated carbocycles. The maximum atomic E-state index is 4.76. The SMILES string of the molecule is Cc1nc(C2CCCC2)ncc1N1CCNCC1. The summed E-state index contributed by atoms with van der Waals surface area (Å²) in [5.74, 6) is 1.68. The fourth-order valence-electron chi connectivity index (χ4n) is 3.08. The van der Waals surface area contributed by atoms with E-state index in [1.807, 2.05) is 6.20 Å². The normalized spacial score (nSPS) is 21.5. The van der Waals surface area contributed by atoms with Gasteiger partial charge in [-0.15, -0.1) is 0 Å². The number of rotatable bonds is 2. The van der Waals surface area contributed by atoms with Crippen LogP contribution in [-0.4, -0.2) is 36.1 Å². The third-order valence-corrected chi connectivity index (χ3v) is 4.15. The zero-order valence-corrected chi connectivity index (χ0v) is 11.2. The summed E-state index contributed by atoms with van der Waals surface area (Å²) in [4.78, 5) is 11.8. The summed E-state index contributed by atoms with van der Waals surface area (Å²) in [5.41, 5.74) is 2.37. The summed E-state index contributed by atoms with van der Waals surface area (Å²) in [7, 11) is 0. The molecule has 4 heteroatoms. The number of hydrogen-bond acceptors (Lipinski definition) is 4. The lowest BCUT2D eigenvalue weighted by atomic mass is 10.1. The van der Waals surface area contributed by atoms with E-state index in [0.29, 0.717) is 5.92 Å². The van der Waals surface area contributed by atoms with Gasteiger partial charge in [0.25, 0.3) is 0 Å². The van der Waals surface area contributed by atoms with E-state index < -0.39 is 0 Å². The Morgan fingerprint density at radius 1 is 1.22 bits per heavy atom. The quantitative estimate of drug-likeness (QED) is 0.864. The van der Waals surface area contributed by atoms with Crippen LogP contribution in [0.25, 0.3) is 0 Å². The number of piperazine rings is 1. The summed E-state index contributed by atoms with van der Waals surface area (Å²) >= 11 is 0. The first kappa shape index (κ1) is 11.9. The minimum absolute atomic E-state index is 0.612. The molecule has 3 rings (SSSR count). The molecule has 2 fully saturated rings. The Kier molecular flexibility index (Phi) is 3.46. The van der Waals surface area contributed by atoms with E-state index in [2.05, 4.69) is 22.1 Å². The molecule has 0 unspecified atom stereocenters. The molecule has 0 bridgehead atoms. The van der Waals surface area contributed by atoms with Gasteiger partial charge in [-0.2, -0.15) is 0 Å². The summed E-state index contributed by atoms with van der Waals surface area (Å²) in [5, 5.41) is 3.38. The van der Waals surface area contributed by atoms with E-state index in [-0.39, 0.29) is 0 Å². The molecule has 98 valence electrons. The molecule has 1 aromatic heterocycles. The molecule has 1 saturated heterocycles. The van der Waals surface area contributed by atoms with Gasteiger partial charge in [0.1, 0.15) is 5.82 Å². The van der Waals surface area contributed by atoms with Crippen molar-refractivity contribution in [3.8, 4) is 0 Å². The molecule has 0 atom stereocenters. The average Bonchev–Trinajstić information content (AvgIpc) is 2.93. The summed E-state index contributed by atoms with van der Waals surface area (Å²) < 4.78 is 0. The van der Waals surface area contributed by atoms with Gasteiger partial charge in [-0.25, -0.2) is 9.97 Å². The monoisotopic (exact) mass is 246 g/mol. The molecule has 0 radical (unpaired) electrons. The van der Waals surface area contributed by atoms with Gasteiger partial charge < -0.3 is 10.2 Å². The highest BCUT2D eigenvalue weighted by atomic mass is 15.2. The number of nitrogens with zero attached hydrogens (tertiary/aromatic N) is 3. The van der Waals surface area contributed by atoms with Crippen LogP contribution in [0, 0.1) is 6.92 Å². The lowest BCUT2D eigenvalue weighted by molar-refractivity contribution is 0.584.